The molecule has 8 bridgehead atoms. The van der Waals surface area contributed by atoms with Crippen molar-refractivity contribution in [3.05, 3.63) is 79.9 Å². The van der Waals surface area contributed by atoms with Crippen molar-refractivity contribution < 1.29 is 5.11 Å². The molecule has 2 fully saturated rings. The van der Waals surface area contributed by atoms with Crippen molar-refractivity contribution in [1.82, 2.24) is 0 Å². The van der Waals surface area contributed by atoms with Crippen molar-refractivity contribution >= 4 is 21.5 Å². The predicted octanol–water partition coefficient (Wildman–Crippen LogP) is 9.32. The van der Waals surface area contributed by atoms with Crippen LogP contribution in [0.25, 0.3) is 32.7 Å². The summed E-state index contributed by atoms with van der Waals surface area (Å²) in [6.07, 6.45) is 15.8. The first-order valence-corrected chi connectivity index (χ1v) is 17.0. The molecule has 4 aromatic rings. The molecule has 1 nitrogen and oxygen atoms in total. The Hall–Kier alpha value is -2.64. The summed E-state index contributed by atoms with van der Waals surface area (Å²) in [5.74, 6) is 1.59. The van der Waals surface area contributed by atoms with Gasteiger partial charge in [0.05, 0.1) is 5.41 Å². The van der Waals surface area contributed by atoms with E-state index in [4.69, 9.17) is 0 Å². The van der Waals surface area contributed by atoms with Crippen molar-refractivity contribution in [3.63, 3.8) is 0 Å². The highest BCUT2D eigenvalue weighted by Crippen LogP contribution is 2.86. The molecule has 1 heteroatoms. The van der Waals surface area contributed by atoms with Gasteiger partial charge in [0.2, 0.25) is 0 Å². The summed E-state index contributed by atoms with van der Waals surface area (Å²) in [7, 11) is 0. The Labute approximate surface area is 243 Å². The molecule has 0 atom stereocenters. The van der Waals surface area contributed by atoms with Crippen LogP contribution in [0, 0.1) is 25.7 Å². The number of rotatable bonds is 6. The predicted molar refractivity (Wildman–Crippen MR) is 167 cm³/mol. The van der Waals surface area contributed by atoms with E-state index in [2.05, 4.69) is 45.0 Å². The molecule has 0 amide bonds. The molecule has 1 spiro atoms. The summed E-state index contributed by atoms with van der Waals surface area (Å²) in [4.78, 5) is 0. The molecule has 0 radical (unpaired) electrons. The van der Waals surface area contributed by atoms with E-state index < -0.39 is 5.60 Å². The molecule has 4 aromatic carbocycles. The third-order valence-corrected chi connectivity index (χ3v) is 13.9. The van der Waals surface area contributed by atoms with Crippen LogP contribution in [0.1, 0.15) is 127 Å². The minimum absolute atomic E-state index is 0.0306. The van der Waals surface area contributed by atoms with Crippen LogP contribution in [0.3, 0.4) is 0 Å². The van der Waals surface area contributed by atoms with E-state index in [1.807, 2.05) is 0 Å². The third kappa shape index (κ3) is 1.99. The minimum Gasteiger partial charge on any atom is -0.379 e. The third-order valence-electron chi connectivity index (χ3n) is 13.9. The quantitative estimate of drug-likeness (QED) is 0.260. The first-order valence-electron chi connectivity index (χ1n) is 17.0. The van der Waals surface area contributed by atoms with Gasteiger partial charge in [-0.1, -0.05) is 76.8 Å². The molecule has 2 saturated carbocycles. The molecular formula is C40H40O. The second kappa shape index (κ2) is 6.78. The van der Waals surface area contributed by atoms with Gasteiger partial charge in [0.1, 0.15) is 5.60 Å². The first kappa shape index (κ1) is 22.9. The van der Waals surface area contributed by atoms with Crippen molar-refractivity contribution in [2.75, 3.05) is 0 Å². The zero-order valence-electron chi connectivity index (χ0n) is 24.9. The summed E-state index contributed by atoms with van der Waals surface area (Å²) >= 11 is 0. The first-order chi connectivity index (χ1) is 20.0. The average molecular weight is 537 g/mol. The summed E-state index contributed by atoms with van der Waals surface area (Å²) in [5, 5.41) is 19.8. The van der Waals surface area contributed by atoms with E-state index in [0.717, 1.165) is 24.7 Å². The van der Waals surface area contributed by atoms with E-state index in [-0.39, 0.29) is 10.8 Å². The highest BCUT2D eigenvalue weighted by molar-refractivity contribution is 6.14. The fourth-order valence-electron chi connectivity index (χ4n) is 12.8. The Morgan fingerprint density at radius 1 is 0.659 bits per heavy atom. The molecule has 0 saturated heterocycles. The lowest BCUT2D eigenvalue weighted by molar-refractivity contribution is -0.0537. The lowest BCUT2D eigenvalue weighted by atomic mass is 9.28. The topological polar surface area (TPSA) is 20.2 Å². The van der Waals surface area contributed by atoms with Crippen molar-refractivity contribution in [2.45, 2.75) is 114 Å². The molecule has 7 aliphatic carbocycles. The number of hydrogen-bond acceptors (Lipinski definition) is 1. The van der Waals surface area contributed by atoms with E-state index in [0.29, 0.717) is 0 Å². The standard InChI is InChI=1S/C40H40O/c1-4-13-38-30-18-28-24-14-20(2)32-33-21(3)15-25-27(17-23-11-7-8-12-23)35-31(38)19-29(25)37(33)40(41,36(28)32)39(35,38)34(30)26(24)16-22-9-5-6-10-22/h14-15,18-19,22-23,41H,4-13,16-17H2,1-3H3. The second-order valence-corrected chi connectivity index (χ2v) is 15.5. The van der Waals surface area contributed by atoms with E-state index in [1.165, 1.54) is 119 Å². The van der Waals surface area contributed by atoms with E-state index in [9.17, 15) is 5.11 Å². The molecule has 0 aliphatic heterocycles. The smallest absolute Gasteiger partial charge is 0.132 e. The maximum Gasteiger partial charge on any atom is 0.132 e. The molecule has 0 heterocycles. The van der Waals surface area contributed by atoms with Gasteiger partial charge < -0.3 is 5.11 Å². The summed E-state index contributed by atoms with van der Waals surface area (Å²) in [5.41, 5.74) is 16.5. The highest BCUT2D eigenvalue weighted by Gasteiger charge is 2.84. The molecule has 0 aromatic heterocycles. The molecule has 1 N–H and O–H groups in total. The lowest BCUT2D eigenvalue weighted by Crippen LogP contribution is -2.75. The Morgan fingerprint density at radius 2 is 1.12 bits per heavy atom. The fraction of sp³-hybridized carbons (Fsp3) is 0.500. The monoisotopic (exact) mass is 536 g/mol. The molecule has 7 aliphatic rings. The van der Waals surface area contributed by atoms with Gasteiger partial charge in [-0.05, 0) is 134 Å². The maximum absolute atomic E-state index is 14.1. The van der Waals surface area contributed by atoms with E-state index >= 15 is 0 Å². The number of fused-ring (bicyclic) bond motifs is 3. The molecule has 0 unspecified atom stereocenters. The number of benzene rings is 4. The van der Waals surface area contributed by atoms with Crippen molar-refractivity contribution in [2.24, 2.45) is 11.8 Å². The summed E-state index contributed by atoms with van der Waals surface area (Å²) in [6.45, 7) is 7.06. The van der Waals surface area contributed by atoms with Crippen LogP contribution in [0.5, 0.6) is 0 Å². The SMILES string of the molecule is CCCC12c3cc4c5c6c(C)cc4c(CC4CCCC4)c3C13c1c2cc2c(c-6c(C)cc2c1CC1CCCC1)C53O. The van der Waals surface area contributed by atoms with E-state index in [1.54, 1.807) is 33.4 Å². The fourth-order valence-corrected chi connectivity index (χ4v) is 12.8. The summed E-state index contributed by atoms with van der Waals surface area (Å²) in [6, 6.07) is 10.3. The van der Waals surface area contributed by atoms with Crippen LogP contribution < -0.4 is 0 Å². The number of aliphatic hydroxyl groups is 1. The highest BCUT2D eigenvalue weighted by atomic mass is 16.3. The minimum atomic E-state index is -0.953. The van der Waals surface area contributed by atoms with Gasteiger partial charge in [-0.2, -0.15) is 0 Å². The number of aryl methyl sites for hydroxylation is 2. The van der Waals surface area contributed by atoms with Crippen molar-refractivity contribution in [3.8, 4) is 11.1 Å². The molecule has 11 rings (SSSR count). The molecular weight excluding hydrogens is 496 g/mol. The largest absolute Gasteiger partial charge is 0.379 e. The van der Waals surface area contributed by atoms with Crippen LogP contribution in [-0.4, -0.2) is 5.11 Å². The average Bonchev–Trinajstić information content (AvgIpc) is 3.66. The van der Waals surface area contributed by atoms with Gasteiger partial charge in [0.15, 0.2) is 0 Å². The number of hydrogen-bond donors (Lipinski definition) is 1. The zero-order chi connectivity index (χ0) is 27.2. The second-order valence-electron chi connectivity index (χ2n) is 15.5. The van der Waals surface area contributed by atoms with Gasteiger partial charge in [-0.15, -0.1) is 0 Å². The van der Waals surface area contributed by atoms with Crippen LogP contribution in [0.4, 0.5) is 0 Å². The van der Waals surface area contributed by atoms with Gasteiger partial charge in [0.25, 0.3) is 0 Å². The van der Waals surface area contributed by atoms with Gasteiger partial charge in [-0.25, -0.2) is 0 Å². The van der Waals surface area contributed by atoms with Crippen LogP contribution >= 0.6 is 0 Å². The van der Waals surface area contributed by atoms with Gasteiger partial charge in [-0.3, -0.25) is 0 Å². The normalized spacial score (nSPS) is 30.6. The van der Waals surface area contributed by atoms with Crippen LogP contribution in [0.2, 0.25) is 0 Å². The van der Waals surface area contributed by atoms with Gasteiger partial charge in [0, 0.05) is 16.5 Å². The van der Waals surface area contributed by atoms with Gasteiger partial charge >= 0.3 is 0 Å². The summed E-state index contributed by atoms with van der Waals surface area (Å²) < 4.78 is 0. The zero-order valence-corrected chi connectivity index (χ0v) is 24.9. The molecule has 206 valence electrons. The Balaban J connectivity index is 1.36. The van der Waals surface area contributed by atoms with Crippen LogP contribution in [0.15, 0.2) is 24.3 Å². The molecule has 41 heavy (non-hydrogen) atoms. The van der Waals surface area contributed by atoms with Crippen molar-refractivity contribution in [1.29, 1.82) is 0 Å². The lowest BCUT2D eigenvalue weighted by Gasteiger charge is -2.73. The van der Waals surface area contributed by atoms with Crippen LogP contribution in [-0.2, 0) is 29.3 Å². The Morgan fingerprint density at radius 3 is 1.56 bits per heavy atom. The Bertz CT molecular complexity index is 1830. The maximum atomic E-state index is 14.1. The Kier molecular flexibility index (Phi) is 3.79.